The lowest BCUT2D eigenvalue weighted by molar-refractivity contribution is -0.258. The number of carbonyl (C=O) groups excluding carboxylic acids is 4. The Morgan fingerprint density at radius 3 is 2.17 bits per heavy atom. The van der Waals surface area contributed by atoms with E-state index in [0.717, 1.165) is 24.2 Å². The number of methoxy groups -OCH3 is 2. The van der Waals surface area contributed by atoms with Crippen LogP contribution in [0.4, 0.5) is 0 Å². The molecule has 2 fully saturated rings. The summed E-state index contributed by atoms with van der Waals surface area (Å²) in [4.78, 5) is 59.0. The van der Waals surface area contributed by atoms with Gasteiger partial charge in [0.1, 0.15) is 23.8 Å². The van der Waals surface area contributed by atoms with Crippen molar-refractivity contribution in [3.05, 3.63) is 143 Å². The minimum absolute atomic E-state index is 0.0874. The minimum Gasteiger partial charge on any atom is -0.497 e. The number of hydrogen-bond acceptors (Lipinski definition) is 15. The molecule has 2 saturated heterocycles. The smallest absolute Gasteiger partial charge is 0.356 e. The topological polar surface area (TPSA) is 192 Å². The molecule has 0 saturated carbocycles. The number of aryl methyl sites for hydroxylation is 1. The predicted octanol–water partition coefficient (Wildman–Crippen LogP) is 4.99. The molecular weight excluding hydrogens is 845 g/mol. The highest BCUT2D eigenvalue weighted by atomic mass is 32.2. The fourth-order valence-corrected chi connectivity index (χ4v) is 8.43. The molecule has 8 rings (SSSR count). The zero-order valence-electron chi connectivity index (χ0n) is 35.3. The second-order valence-corrected chi connectivity index (χ2v) is 16.0. The molecule has 18 heteroatoms. The maximum atomic E-state index is 14.6. The largest absolute Gasteiger partial charge is 0.497 e. The maximum absolute atomic E-state index is 14.6. The molecular formula is C46H46N6O11S. The summed E-state index contributed by atoms with van der Waals surface area (Å²) in [6.07, 6.45) is 0.0346. The summed E-state index contributed by atoms with van der Waals surface area (Å²) in [6, 6.07) is 31.8. The Morgan fingerprint density at radius 1 is 0.875 bits per heavy atom. The summed E-state index contributed by atoms with van der Waals surface area (Å²) >= 11 is 1.23. The van der Waals surface area contributed by atoms with E-state index in [0.29, 0.717) is 45.5 Å². The zero-order chi connectivity index (χ0) is 44.6. The Bertz CT molecular complexity index is 2430. The van der Waals surface area contributed by atoms with Crippen LogP contribution in [-0.2, 0) is 56.5 Å². The van der Waals surface area contributed by atoms with Crippen molar-refractivity contribution in [1.29, 1.82) is 0 Å². The van der Waals surface area contributed by atoms with Gasteiger partial charge < -0.3 is 38.5 Å². The van der Waals surface area contributed by atoms with Crippen LogP contribution in [0.5, 0.6) is 11.5 Å². The van der Waals surface area contributed by atoms with E-state index < -0.39 is 54.0 Å². The number of hydrogen-bond donors (Lipinski definition) is 1. The van der Waals surface area contributed by atoms with Crippen molar-refractivity contribution in [2.45, 2.75) is 61.3 Å². The molecule has 0 spiro atoms. The molecule has 332 valence electrons. The number of benzene rings is 4. The molecule has 3 aliphatic rings. The van der Waals surface area contributed by atoms with E-state index in [1.165, 1.54) is 23.6 Å². The van der Waals surface area contributed by atoms with Gasteiger partial charge in [0.05, 0.1) is 20.3 Å². The highest BCUT2D eigenvalue weighted by Crippen LogP contribution is 2.43. The normalized spacial score (nSPS) is 19.9. The lowest BCUT2D eigenvalue weighted by Gasteiger charge is -2.55. The van der Waals surface area contributed by atoms with Crippen LogP contribution in [0.2, 0.25) is 0 Å². The summed E-state index contributed by atoms with van der Waals surface area (Å²) < 4.78 is 42.5. The fraction of sp³-hybridized carbons (Fsp3) is 0.326. The van der Waals surface area contributed by atoms with E-state index in [2.05, 4.69) is 20.8 Å². The Balaban J connectivity index is 1.08. The summed E-state index contributed by atoms with van der Waals surface area (Å²) in [5.74, 6) is -3.81. The predicted molar refractivity (Wildman–Crippen MR) is 228 cm³/mol. The van der Waals surface area contributed by atoms with Crippen LogP contribution in [0.3, 0.4) is 0 Å². The number of nitrogens with zero attached hydrogens (tertiary/aromatic N) is 5. The number of tetrazole rings is 1. The minimum atomic E-state index is -2.16. The molecule has 17 nitrogen and oxygen atoms in total. The van der Waals surface area contributed by atoms with E-state index in [1.807, 2.05) is 60.7 Å². The first kappa shape index (κ1) is 44.0. The van der Waals surface area contributed by atoms with Crippen molar-refractivity contribution in [3.8, 4) is 11.5 Å². The number of aromatic nitrogens is 4. The molecule has 0 radical (unpaired) electrons. The van der Waals surface area contributed by atoms with Gasteiger partial charge in [0.2, 0.25) is 11.1 Å². The number of ether oxygens (including phenoxy) is 7. The third kappa shape index (κ3) is 9.35. The van der Waals surface area contributed by atoms with Crippen molar-refractivity contribution in [2.24, 2.45) is 7.05 Å². The summed E-state index contributed by atoms with van der Waals surface area (Å²) in [7, 11) is 4.45. The number of carbonyl (C=O) groups is 4. The van der Waals surface area contributed by atoms with Crippen molar-refractivity contribution in [2.75, 3.05) is 33.2 Å². The van der Waals surface area contributed by atoms with Gasteiger partial charge in [-0.2, -0.15) is 0 Å². The SMILES string of the molecule is COc1ccc(COC(=O)[C@@H](C(=O)N[C@]2(OC)C(=O)N3C(C(=O)OC(c4ccccc4)c4ccccc4)=C(CSc4nnnn4C)CO[C@@H]32)c2ccc(OC3CCCCO3)cc2)cc1. The van der Waals surface area contributed by atoms with Crippen molar-refractivity contribution in [1.82, 2.24) is 30.4 Å². The second-order valence-electron chi connectivity index (χ2n) is 15.1. The molecule has 64 heavy (non-hydrogen) atoms. The molecule has 3 aliphatic heterocycles. The number of fused-ring (bicyclic) bond motifs is 1. The Labute approximate surface area is 372 Å². The van der Waals surface area contributed by atoms with E-state index >= 15 is 0 Å². The molecule has 0 bridgehead atoms. The molecule has 0 aliphatic carbocycles. The highest BCUT2D eigenvalue weighted by Gasteiger charge is 2.68. The molecule has 4 atom stereocenters. The lowest BCUT2D eigenvalue weighted by Crippen LogP contribution is -2.83. The maximum Gasteiger partial charge on any atom is 0.356 e. The zero-order valence-corrected chi connectivity index (χ0v) is 36.1. The van der Waals surface area contributed by atoms with E-state index in [-0.39, 0.29) is 30.2 Å². The summed E-state index contributed by atoms with van der Waals surface area (Å²) in [5.41, 5.74) is 0.456. The van der Waals surface area contributed by atoms with Crippen molar-refractivity contribution >= 4 is 35.5 Å². The molecule has 4 aromatic carbocycles. The van der Waals surface area contributed by atoms with Crippen LogP contribution >= 0.6 is 11.8 Å². The molecule has 5 aromatic rings. The highest BCUT2D eigenvalue weighted by molar-refractivity contribution is 7.99. The van der Waals surface area contributed by atoms with Crippen molar-refractivity contribution < 1.29 is 52.3 Å². The van der Waals surface area contributed by atoms with Crippen LogP contribution in [0, 0.1) is 0 Å². The van der Waals surface area contributed by atoms with E-state index in [4.69, 9.17) is 33.2 Å². The Morgan fingerprint density at radius 2 is 1.56 bits per heavy atom. The number of nitrogens with one attached hydrogen (secondary N) is 1. The first-order valence-corrected chi connectivity index (χ1v) is 21.6. The van der Waals surface area contributed by atoms with Gasteiger partial charge in [0.15, 0.2) is 24.5 Å². The van der Waals surface area contributed by atoms with Crippen LogP contribution in [0.1, 0.15) is 53.5 Å². The van der Waals surface area contributed by atoms with Crippen molar-refractivity contribution in [3.63, 3.8) is 0 Å². The number of thioether (sulfide) groups is 1. The number of amides is 2. The molecule has 1 N–H and O–H groups in total. The molecule has 4 heterocycles. The fourth-order valence-electron chi connectivity index (χ4n) is 7.59. The van der Waals surface area contributed by atoms with Gasteiger partial charge in [-0.15, -0.1) is 5.10 Å². The number of esters is 2. The average molecular weight is 891 g/mol. The van der Waals surface area contributed by atoms with Gasteiger partial charge in [0, 0.05) is 26.3 Å². The standard InChI is InChI=1S/C46H46N6O11S/c1-51-45(48-49-50-51)64-28-33-27-61-44-46(58-3,43(56)52(44)38(33)42(55)63-39(31-12-6-4-7-13-31)32-14-8-5-9-15-32)47-40(53)37(41(54)60-26-29-17-21-34(57-2)22-18-29)30-19-23-35(24-20-30)62-36-16-10-11-25-59-36/h4-9,12-15,17-24,36-37,39,44H,10-11,16,25-28H2,1-3H3,(H,47,53)/t36?,37-,44-,46+/m1/s1. The van der Waals surface area contributed by atoms with Gasteiger partial charge in [-0.3, -0.25) is 19.3 Å². The van der Waals surface area contributed by atoms with Crippen LogP contribution in [0.15, 0.2) is 126 Å². The van der Waals surface area contributed by atoms with Crippen LogP contribution in [0.25, 0.3) is 0 Å². The van der Waals surface area contributed by atoms with Gasteiger partial charge >= 0.3 is 11.9 Å². The first-order valence-electron chi connectivity index (χ1n) is 20.6. The monoisotopic (exact) mass is 890 g/mol. The lowest BCUT2D eigenvalue weighted by atomic mass is 9.92. The van der Waals surface area contributed by atoms with E-state index in [1.54, 1.807) is 62.7 Å². The molecule has 2 amide bonds. The van der Waals surface area contributed by atoms with E-state index in [9.17, 15) is 19.2 Å². The third-order valence-corrected chi connectivity index (χ3v) is 12.1. The average Bonchev–Trinajstić information content (AvgIpc) is 3.76. The third-order valence-electron chi connectivity index (χ3n) is 11.0. The quantitative estimate of drug-likeness (QED) is 0.0432. The van der Waals surface area contributed by atoms with Crippen LogP contribution < -0.4 is 14.8 Å². The molecule has 1 unspecified atom stereocenters. The van der Waals surface area contributed by atoms with Gasteiger partial charge in [-0.1, -0.05) is 96.7 Å². The Hall–Kier alpha value is -6.60. The Kier molecular flexibility index (Phi) is 13.6. The molecule has 1 aromatic heterocycles. The number of rotatable bonds is 17. The summed E-state index contributed by atoms with van der Waals surface area (Å²) in [6.45, 7) is 0.266. The summed E-state index contributed by atoms with van der Waals surface area (Å²) in [5, 5.41) is 14.7. The van der Waals surface area contributed by atoms with Crippen LogP contribution in [-0.4, -0.2) is 100 Å². The first-order chi connectivity index (χ1) is 31.2. The number of β-lactam (4-membered cyclic amide) rings is 1. The second kappa shape index (κ2) is 19.8. The van der Waals surface area contributed by atoms with Gasteiger partial charge in [0.25, 0.3) is 11.6 Å². The van der Waals surface area contributed by atoms with Gasteiger partial charge in [-0.05, 0) is 75.4 Å². The van der Waals surface area contributed by atoms with Gasteiger partial charge in [-0.25, -0.2) is 9.48 Å².